The summed E-state index contributed by atoms with van der Waals surface area (Å²) in [7, 11) is 0. The number of hydrogen-bond acceptors (Lipinski definition) is 4. The van der Waals surface area contributed by atoms with Crippen molar-refractivity contribution in [3.8, 4) is 11.3 Å². The Labute approximate surface area is 130 Å². The highest BCUT2D eigenvalue weighted by Crippen LogP contribution is 2.26. The summed E-state index contributed by atoms with van der Waals surface area (Å²) in [5.41, 5.74) is 7.35. The molecule has 5 heteroatoms. The standard InChI is InChI=1S/C17H20N4O/c18-16(22)13-6-8-14(9-7-13)20-17-19-11-10-15(21-17)12-4-2-1-3-5-12/h1-5,10-11,13-14H,6-9H2,(H2,18,22)(H,19,20,21). The molecule has 0 aliphatic heterocycles. The second-order valence-electron chi connectivity index (χ2n) is 5.73. The van der Waals surface area contributed by atoms with E-state index in [1.807, 2.05) is 36.4 Å². The lowest BCUT2D eigenvalue weighted by atomic mass is 9.86. The first kappa shape index (κ1) is 14.5. The monoisotopic (exact) mass is 296 g/mol. The topological polar surface area (TPSA) is 80.9 Å². The Hall–Kier alpha value is -2.43. The summed E-state index contributed by atoms with van der Waals surface area (Å²) in [5.74, 6) is 0.485. The minimum atomic E-state index is -0.180. The average molecular weight is 296 g/mol. The predicted molar refractivity (Wildman–Crippen MR) is 86.0 cm³/mol. The fourth-order valence-corrected chi connectivity index (χ4v) is 2.90. The third-order valence-electron chi connectivity index (χ3n) is 4.19. The summed E-state index contributed by atoms with van der Waals surface area (Å²) < 4.78 is 0. The van der Waals surface area contributed by atoms with E-state index < -0.39 is 0 Å². The van der Waals surface area contributed by atoms with Crippen molar-refractivity contribution in [2.75, 3.05) is 5.32 Å². The van der Waals surface area contributed by atoms with E-state index in [9.17, 15) is 4.79 Å². The molecule has 0 spiro atoms. The molecule has 114 valence electrons. The molecule has 0 atom stereocenters. The zero-order valence-corrected chi connectivity index (χ0v) is 12.4. The Kier molecular flexibility index (Phi) is 4.32. The minimum Gasteiger partial charge on any atom is -0.369 e. The summed E-state index contributed by atoms with van der Waals surface area (Å²) in [6.07, 6.45) is 5.29. The third-order valence-corrected chi connectivity index (χ3v) is 4.19. The lowest BCUT2D eigenvalue weighted by Gasteiger charge is -2.27. The molecule has 1 aliphatic rings. The van der Waals surface area contributed by atoms with E-state index in [0.717, 1.165) is 36.9 Å². The van der Waals surface area contributed by atoms with Gasteiger partial charge in [0.05, 0.1) is 5.69 Å². The minimum absolute atomic E-state index is 0.0228. The predicted octanol–water partition coefficient (Wildman–Crippen LogP) is 2.60. The van der Waals surface area contributed by atoms with Gasteiger partial charge in [0.25, 0.3) is 0 Å². The number of nitrogens with zero attached hydrogens (tertiary/aromatic N) is 2. The van der Waals surface area contributed by atoms with E-state index in [2.05, 4.69) is 15.3 Å². The lowest BCUT2D eigenvalue weighted by molar-refractivity contribution is -0.122. The van der Waals surface area contributed by atoms with Crippen LogP contribution in [0.15, 0.2) is 42.6 Å². The maximum atomic E-state index is 11.2. The molecule has 1 amide bonds. The number of nitrogens with one attached hydrogen (secondary N) is 1. The molecule has 0 bridgehead atoms. The average Bonchev–Trinajstić information content (AvgIpc) is 2.56. The maximum Gasteiger partial charge on any atom is 0.223 e. The van der Waals surface area contributed by atoms with Gasteiger partial charge in [0, 0.05) is 23.7 Å². The number of carbonyl (C=O) groups is 1. The van der Waals surface area contributed by atoms with Crippen LogP contribution in [-0.2, 0) is 4.79 Å². The Morgan fingerprint density at radius 1 is 1.09 bits per heavy atom. The van der Waals surface area contributed by atoms with Crippen LogP contribution in [-0.4, -0.2) is 21.9 Å². The second-order valence-corrected chi connectivity index (χ2v) is 5.73. The van der Waals surface area contributed by atoms with Crippen LogP contribution in [0.5, 0.6) is 0 Å². The highest BCUT2D eigenvalue weighted by Gasteiger charge is 2.24. The summed E-state index contributed by atoms with van der Waals surface area (Å²) in [6, 6.07) is 12.3. The van der Waals surface area contributed by atoms with Gasteiger partial charge >= 0.3 is 0 Å². The van der Waals surface area contributed by atoms with Crippen molar-refractivity contribution in [2.45, 2.75) is 31.7 Å². The highest BCUT2D eigenvalue weighted by molar-refractivity contribution is 5.76. The first-order valence-corrected chi connectivity index (χ1v) is 7.66. The zero-order valence-electron chi connectivity index (χ0n) is 12.4. The molecule has 1 heterocycles. The number of nitrogens with two attached hydrogens (primary N) is 1. The molecule has 5 nitrogen and oxygen atoms in total. The molecule has 1 aromatic carbocycles. The molecule has 22 heavy (non-hydrogen) atoms. The van der Waals surface area contributed by atoms with Crippen molar-refractivity contribution in [1.29, 1.82) is 0 Å². The van der Waals surface area contributed by atoms with E-state index >= 15 is 0 Å². The number of amides is 1. The van der Waals surface area contributed by atoms with Crippen molar-refractivity contribution in [3.63, 3.8) is 0 Å². The second kappa shape index (κ2) is 6.56. The van der Waals surface area contributed by atoms with Gasteiger partial charge in [0.1, 0.15) is 0 Å². The first-order chi connectivity index (χ1) is 10.7. The molecule has 1 saturated carbocycles. The Bertz CT molecular complexity index is 636. The Morgan fingerprint density at radius 2 is 1.82 bits per heavy atom. The van der Waals surface area contributed by atoms with Gasteiger partial charge in [-0.15, -0.1) is 0 Å². The molecular weight excluding hydrogens is 276 g/mol. The molecule has 1 aromatic heterocycles. The molecule has 3 rings (SSSR count). The summed E-state index contributed by atoms with van der Waals surface area (Å²) in [5, 5.41) is 3.38. The zero-order chi connectivity index (χ0) is 15.4. The van der Waals surface area contributed by atoms with Crippen molar-refractivity contribution in [3.05, 3.63) is 42.6 Å². The van der Waals surface area contributed by atoms with Gasteiger partial charge in [-0.25, -0.2) is 9.97 Å². The molecule has 0 radical (unpaired) electrons. The van der Waals surface area contributed by atoms with Gasteiger partial charge in [-0.05, 0) is 31.7 Å². The maximum absolute atomic E-state index is 11.2. The lowest BCUT2D eigenvalue weighted by Crippen LogP contribution is -2.32. The van der Waals surface area contributed by atoms with Gasteiger partial charge in [-0.2, -0.15) is 0 Å². The summed E-state index contributed by atoms with van der Waals surface area (Å²) in [6.45, 7) is 0. The van der Waals surface area contributed by atoms with Crippen LogP contribution in [0.3, 0.4) is 0 Å². The normalized spacial score (nSPS) is 21.3. The smallest absolute Gasteiger partial charge is 0.223 e. The number of aromatic nitrogens is 2. The quantitative estimate of drug-likeness (QED) is 0.908. The van der Waals surface area contributed by atoms with Crippen molar-refractivity contribution < 1.29 is 4.79 Å². The van der Waals surface area contributed by atoms with Crippen LogP contribution in [0.4, 0.5) is 5.95 Å². The van der Waals surface area contributed by atoms with Crippen LogP contribution < -0.4 is 11.1 Å². The largest absolute Gasteiger partial charge is 0.369 e. The molecule has 1 fully saturated rings. The van der Waals surface area contributed by atoms with Gasteiger partial charge in [0.15, 0.2) is 0 Å². The van der Waals surface area contributed by atoms with Crippen LogP contribution in [0.1, 0.15) is 25.7 Å². The number of anilines is 1. The molecule has 3 N–H and O–H groups in total. The number of benzene rings is 1. The first-order valence-electron chi connectivity index (χ1n) is 7.66. The van der Waals surface area contributed by atoms with E-state index in [-0.39, 0.29) is 11.8 Å². The third kappa shape index (κ3) is 3.42. The highest BCUT2D eigenvalue weighted by atomic mass is 16.1. The SMILES string of the molecule is NC(=O)C1CCC(Nc2nccc(-c3ccccc3)n2)CC1. The fourth-order valence-electron chi connectivity index (χ4n) is 2.90. The number of primary amides is 1. The van der Waals surface area contributed by atoms with Gasteiger partial charge in [0.2, 0.25) is 11.9 Å². The van der Waals surface area contributed by atoms with Crippen LogP contribution in [0, 0.1) is 5.92 Å². The Balaban J connectivity index is 1.66. The Morgan fingerprint density at radius 3 is 2.50 bits per heavy atom. The van der Waals surface area contributed by atoms with Gasteiger partial charge in [-0.3, -0.25) is 4.79 Å². The molecule has 2 aromatic rings. The van der Waals surface area contributed by atoms with Crippen molar-refractivity contribution in [2.24, 2.45) is 11.7 Å². The number of rotatable bonds is 4. The van der Waals surface area contributed by atoms with E-state index in [1.165, 1.54) is 0 Å². The van der Waals surface area contributed by atoms with Crippen molar-refractivity contribution in [1.82, 2.24) is 9.97 Å². The van der Waals surface area contributed by atoms with Gasteiger partial charge in [-0.1, -0.05) is 30.3 Å². The molecule has 0 unspecified atom stereocenters. The number of carbonyl (C=O) groups excluding carboxylic acids is 1. The fraction of sp³-hybridized carbons (Fsp3) is 0.353. The van der Waals surface area contributed by atoms with E-state index in [1.54, 1.807) is 6.20 Å². The summed E-state index contributed by atoms with van der Waals surface area (Å²) >= 11 is 0. The number of hydrogen-bond donors (Lipinski definition) is 2. The molecule has 0 saturated heterocycles. The molecule has 1 aliphatic carbocycles. The summed E-state index contributed by atoms with van der Waals surface area (Å²) in [4.78, 5) is 20.1. The van der Waals surface area contributed by atoms with Crippen LogP contribution in [0.25, 0.3) is 11.3 Å². The van der Waals surface area contributed by atoms with E-state index in [4.69, 9.17) is 5.73 Å². The van der Waals surface area contributed by atoms with Crippen LogP contribution in [0.2, 0.25) is 0 Å². The van der Waals surface area contributed by atoms with Crippen LogP contribution >= 0.6 is 0 Å². The van der Waals surface area contributed by atoms with Gasteiger partial charge < -0.3 is 11.1 Å². The van der Waals surface area contributed by atoms with E-state index in [0.29, 0.717) is 12.0 Å². The van der Waals surface area contributed by atoms with Crippen molar-refractivity contribution >= 4 is 11.9 Å². The molecular formula is C17H20N4O.